The molecule has 0 saturated heterocycles. The van der Waals surface area contributed by atoms with Crippen LogP contribution >= 0.6 is 11.3 Å². The smallest absolute Gasteiger partial charge is 0.361 e. The maximum absolute atomic E-state index is 13.0. The highest BCUT2D eigenvalue weighted by atomic mass is 32.1. The Morgan fingerprint density at radius 3 is 2.63 bits per heavy atom. The van der Waals surface area contributed by atoms with Gasteiger partial charge in [-0.25, -0.2) is 4.98 Å². The van der Waals surface area contributed by atoms with E-state index >= 15 is 0 Å². The van der Waals surface area contributed by atoms with Gasteiger partial charge in [0, 0.05) is 11.3 Å². The fourth-order valence-electron chi connectivity index (χ4n) is 3.69. The second kappa shape index (κ2) is 8.76. The normalized spacial score (nSPS) is 11.2. The third-order valence-corrected chi connectivity index (χ3v) is 6.66. The van der Waals surface area contributed by atoms with Crippen molar-refractivity contribution in [3.05, 3.63) is 86.9 Å². The van der Waals surface area contributed by atoms with Gasteiger partial charge in [-0.1, -0.05) is 11.2 Å². The van der Waals surface area contributed by atoms with Gasteiger partial charge in [0.05, 0.1) is 39.2 Å². The summed E-state index contributed by atoms with van der Waals surface area (Å²) in [5, 5.41) is 22.6. The first-order valence-corrected chi connectivity index (χ1v) is 11.5. The van der Waals surface area contributed by atoms with Crippen LogP contribution in [0.15, 0.2) is 53.1 Å². The van der Waals surface area contributed by atoms with Crippen molar-refractivity contribution in [2.75, 3.05) is 5.32 Å². The van der Waals surface area contributed by atoms with Crippen molar-refractivity contribution in [2.45, 2.75) is 27.3 Å². The molecule has 0 spiro atoms. The first-order chi connectivity index (χ1) is 16.8. The Bertz CT molecular complexity index is 1580. The highest BCUT2D eigenvalue weighted by Gasteiger charge is 2.24. The minimum absolute atomic E-state index is 0.102. The van der Waals surface area contributed by atoms with E-state index < -0.39 is 10.8 Å². The predicted octanol–water partition coefficient (Wildman–Crippen LogP) is 5.28. The third kappa shape index (κ3) is 4.41. The van der Waals surface area contributed by atoms with Crippen LogP contribution in [0.2, 0.25) is 0 Å². The number of benzene rings is 2. The fourth-order valence-corrected chi connectivity index (χ4v) is 4.76. The predicted molar refractivity (Wildman–Crippen MR) is 132 cm³/mol. The van der Waals surface area contributed by atoms with Crippen LogP contribution in [-0.2, 0) is 6.54 Å². The fraction of sp³-hybridized carbons (Fsp3) is 0.167. The molecule has 10 nitrogen and oxygen atoms in total. The molecule has 0 aliphatic rings. The Balaban J connectivity index is 1.34. The average Bonchev–Trinajstić information content (AvgIpc) is 3.52. The molecule has 3 heterocycles. The van der Waals surface area contributed by atoms with E-state index in [-0.39, 0.29) is 18.1 Å². The standard InChI is InChI=1S/C24H20N6O4S/c1-13-4-9-19-20(10-13)35-24(26-19)16-5-7-17(8-6-16)25-23(31)22-18(15(3)34-28-22)12-29-14(2)11-21(27-29)30(32)33/h4-11H,12H2,1-3H3,(H,25,31). The van der Waals surface area contributed by atoms with Gasteiger partial charge in [0.15, 0.2) is 5.69 Å². The number of anilines is 1. The highest BCUT2D eigenvalue weighted by molar-refractivity contribution is 7.21. The molecule has 2 aromatic carbocycles. The molecular formula is C24H20N6O4S. The van der Waals surface area contributed by atoms with Gasteiger partial charge >= 0.3 is 5.82 Å². The van der Waals surface area contributed by atoms with Crippen LogP contribution in [-0.4, -0.2) is 30.8 Å². The van der Waals surface area contributed by atoms with Gasteiger partial charge in [-0.2, -0.15) is 4.68 Å². The van der Waals surface area contributed by atoms with E-state index in [1.807, 2.05) is 24.3 Å². The summed E-state index contributed by atoms with van der Waals surface area (Å²) in [7, 11) is 0. The molecule has 3 aromatic heterocycles. The number of amides is 1. The maximum atomic E-state index is 13.0. The second-order valence-corrected chi connectivity index (χ2v) is 9.18. The van der Waals surface area contributed by atoms with Gasteiger partial charge in [-0.3, -0.25) is 4.79 Å². The molecule has 0 unspecified atom stereocenters. The minimum atomic E-state index is -0.559. The summed E-state index contributed by atoms with van der Waals surface area (Å²) in [5.41, 5.74) is 4.89. The van der Waals surface area contributed by atoms with Crippen molar-refractivity contribution in [3.8, 4) is 10.6 Å². The number of nitrogens with zero attached hydrogens (tertiary/aromatic N) is 5. The summed E-state index contributed by atoms with van der Waals surface area (Å²) in [6.07, 6.45) is 0. The zero-order chi connectivity index (χ0) is 24.7. The zero-order valence-electron chi connectivity index (χ0n) is 19.1. The summed E-state index contributed by atoms with van der Waals surface area (Å²) in [6.45, 7) is 5.56. The van der Waals surface area contributed by atoms with Gasteiger partial charge in [0.25, 0.3) is 5.91 Å². The van der Waals surface area contributed by atoms with Gasteiger partial charge in [0.2, 0.25) is 0 Å². The van der Waals surface area contributed by atoms with Crippen LogP contribution in [0, 0.1) is 30.9 Å². The van der Waals surface area contributed by atoms with Crippen LogP contribution < -0.4 is 5.32 Å². The molecule has 176 valence electrons. The zero-order valence-corrected chi connectivity index (χ0v) is 19.9. The number of hydrogen-bond acceptors (Lipinski definition) is 8. The SMILES string of the molecule is Cc1ccc2nc(-c3ccc(NC(=O)c4noc(C)c4Cn4nc([N+](=O)[O-])cc4C)cc3)sc2c1. The van der Waals surface area contributed by atoms with E-state index in [2.05, 4.69) is 28.6 Å². The number of thiazole rings is 1. The summed E-state index contributed by atoms with van der Waals surface area (Å²) < 4.78 is 7.82. The molecule has 0 aliphatic heterocycles. The molecule has 35 heavy (non-hydrogen) atoms. The number of carbonyl (C=O) groups is 1. The van der Waals surface area contributed by atoms with Crippen molar-refractivity contribution in [1.82, 2.24) is 19.9 Å². The number of hydrogen-bond donors (Lipinski definition) is 1. The van der Waals surface area contributed by atoms with Crippen LogP contribution in [0.1, 0.15) is 33.1 Å². The van der Waals surface area contributed by atoms with E-state index in [0.717, 1.165) is 20.8 Å². The van der Waals surface area contributed by atoms with Crippen LogP contribution in [0.4, 0.5) is 11.5 Å². The van der Waals surface area contributed by atoms with Crippen LogP contribution in [0.3, 0.4) is 0 Å². The van der Waals surface area contributed by atoms with Crippen molar-refractivity contribution in [2.24, 2.45) is 0 Å². The molecule has 0 aliphatic carbocycles. The molecule has 0 bridgehead atoms. The summed E-state index contributed by atoms with van der Waals surface area (Å²) in [5.74, 6) is -0.264. The lowest BCUT2D eigenvalue weighted by molar-refractivity contribution is -0.389. The summed E-state index contributed by atoms with van der Waals surface area (Å²) >= 11 is 1.62. The lowest BCUT2D eigenvalue weighted by atomic mass is 10.1. The number of aryl methyl sites for hydroxylation is 3. The molecule has 1 amide bonds. The molecule has 0 radical (unpaired) electrons. The van der Waals surface area contributed by atoms with Gasteiger partial charge in [-0.15, -0.1) is 11.3 Å². The number of rotatable bonds is 6. The first kappa shape index (κ1) is 22.4. The van der Waals surface area contributed by atoms with Crippen molar-refractivity contribution < 1.29 is 14.2 Å². The first-order valence-electron chi connectivity index (χ1n) is 10.7. The Hall–Kier alpha value is -4.38. The van der Waals surface area contributed by atoms with Gasteiger partial charge in [-0.05, 0) is 67.7 Å². The molecular weight excluding hydrogens is 468 g/mol. The Labute approximate surface area is 203 Å². The Morgan fingerprint density at radius 2 is 1.91 bits per heavy atom. The van der Waals surface area contributed by atoms with Crippen molar-refractivity contribution >= 4 is 39.0 Å². The van der Waals surface area contributed by atoms with Crippen LogP contribution in [0.25, 0.3) is 20.8 Å². The monoisotopic (exact) mass is 488 g/mol. The summed E-state index contributed by atoms with van der Waals surface area (Å²) in [4.78, 5) is 28.1. The van der Waals surface area contributed by atoms with E-state index in [0.29, 0.717) is 22.7 Å². The molecule has 0 saturated carbocycles. The summed E-state index contributed by atoms with van der Waals surface area (Å²) in [6, 6.07) is 15.0. The Kier molecular flexibility index (Phi) is 5.61. The number of nitro groups is 1. The molecule has 0 atom stereocenters. The number of aromatic nitrogens is 4. The quantitative estimate of drug-likeness (QED) is 0.254. The minimum Gasteiger partial charge on any atom is -0.361 e. The topological polar surface area (TPSA) is 129 Å². The molecule has 1 N–H and O–H groups in total. The maximum Gasteiger partial charge on any atom is 0.390 e. The molecule has 5 aromatic rings. The second-order valence-electron chi connectivity index (χ2n) is 8.15. The number of nitrogens with one attached hydrogen (secondary N) is 1. The lowest BCUT2D eigenvalue weighted by Gasteiger charge is -2.06. The van der Waals surface area contributed by atoms with E-state index in [1.54, 1.807) is 37.3 Å². The van der Waals surface area contributed by atoms with Gasteiger partial charge < -0.3 is 20.0 Å². The molecule has 0 fully saturated rings. The van der Waals surface area contributed by atoms with Gasteiger partial charge in [0.1, 0.15) is 10.8 Å². The molecule has 11 heteroatoms. The molecule has 5 rings (SSSR count). The Morgan fingerprint density at radius 1 is 1.14 bits per heavy atom. The highest BCUT2D eigenvalue weighted by Crippen LogP contribution is 2.31. The largest absolute Gasteiger partial charge is 0.390 e. The van der Waals surface area contributed by atoms with Crippen molar-refractivity contribution in [1.29, 1.82) is 0 Å². The van der Waals surface area contributed by atoms with Crippen LogP contribution in [0.5, 0.6) is 0 Å². The van der Waals surface area contributed by atoms with Crippen molar-refractivity contribution in [3.63, 3.8) is 0 Å². The van der Waals surface area contributed by atoms with E-state index in [1.165, 1.54) is 16.3 Å². The van der Waals surface area contributed by atoms with E-state index in [9.17, 15) is 14.9 Å². The lowest BCUT2D eigenvalue weighted by Crippen LogP contribution is -2.16. The number of fused-ring (bicyclic) bond motifs is 1. The average molecular weight is 489 g/mol. The number of carbonyl (C=O) groups excluding carboxylic acids is 1. The van der Waals surface area contributed by atoms with E-state index in [4.69, 9.17) is 9.51 Å². The third-order valence-electron chi connectivity index (χ3n) is 5.60.